The molecule has 3 aliphatic heterocycles. The van der Waals surface area contributed by atoms with Crippen LogP contribution >= 0.6 is 0 Å². The predicted octanol–water partition coefficient (Wildman–Crippen LogP) is 4.20. The zero-order valence-corrected chi connectivity index (χ0v) is 22.5. The van der Waals surface area contributed by atoms with Crippen molar-refractivity contribution in [1.82, 2.24) is 20.1 Å². The maximum Gasteiger partial charge on any atom is 0.255 e. The number of methoxy groups -OCH3 is 1. The normalized spacial score (nSPS) is 24.2. The van der Waals surface area contributed by atoms with E-state index in [0.29, 0.717) is 49.7 Å². The van der Waals surface area contributed by atoms with E-state index in [1.165, 1.54) is 12.0 Å². The summed E-state index contributed by atoms with van der Waals surface area (Å²) >= 11 is 0. The van der Waals surface area contributed by atoms with E-state index < -0.39 is 0 Å². The van der Waals surface area contributed by atoms with Crippen molar-refractivity contribution >= 4 is 22.7 Å². The summed E-state index contributed by atoms with van der Waals surface area (Å²) in [7, 11) is 1.67. The van der Waals surface area contributed by atoms with Crippen molar-refractivity contribution in [1.29, 1.82) is 0 Å². The lowest BCUT2D eigenvalue weighted by Gasteiger charge is -2.25. The second kappa shape index (κ2) is 11.2. The number of pyridine rings is 1. The number of aromatic nitrogens is 1. The molecule has 0 aliphatic carbocycles. The van der Waals surface area contributed by atoms with E-state index in [1.807, 2.05) is 36.4 Å². The van der Waals surface area contributed by atoms with E-state index >= 15 is 0 Å². The topological polar surface area (TPSA) is 84.0 Å². The Morgan fingerprint density at radius 3 is 2.90 bits per heavy atom. The van der Waals surface area contributed by atoms with Gasteiger partial charge in [-0.3, -0.25) is 19.5 Å². The fraction of sp³-hybridized carbons (Fsp3) is 0.452. The molecule has 204 valence electrons. The lowest BCUT2D eigenvalue weighted by molar-refractivity contribution is -0.122. The van der Waals surface area contributed by atoms with E-state index in [2.05, 4.69) is 27.3 Å². The van der Waals surface area contributed by atoms with Crippen molar-refractivity contribution in [3.8, 4) is 11.5 Å². The first-order valence-electron chi connectivity index (χ1n) is 14.1. The smallest absolute Gasteiger partial charge is 0.255 e. The van der Waals surface area contributed by atoms with Gasteiger partial charge in [-0.25, -0.2) is 0 Å². The highest BCUT2D eigenvalue weighted by Crippen LogP contribution is 2.46. The number of hydrogen-bond donors (Lipinski definition) is 1. The first-order valence-corrected chi connectivity index (χ1v) is 14.1. The fourth-order valence-corrected chi connectivity index (χ4v) is 6.53. The molecule has 4 heterocycles. The van der Waals surface area contributed by atoms with Crippen molar-refractivity contribution in [3.63, 3.8) is 0 Å². The lowest BCUT2D eigenvalue weighted by Crippen LogP contribution is -2.43. The second-order valence-electron chi connectivity index (χ2n) is 10.9. The Labute approximate surface area is 229 Å². The summed E-state index contributed by atoms with van der Waals surface area (Å²) in [6, 6.07) is 16.6. The predicted molar refractivity (Wildman–Crippen MR) is 149 cm³/mol. The van der Waals surface area contributed by atoms with E-state index in [0.717, 1.165) is 48.2 Å². The van der Waals surface area contributed by atoms with E-state index in [4.69, 9.17) is 9.47 Å². The van der Waals surface area contributed by atoms with Crippen molar-refractivity contribution < 1.29 is 19.1 Å². The van der Waals surface area contributed by atoms with Gasteiger partial charge in [0, 0.05) is 36.8 Å². The van der Waals surface area contributed by atoms with E-state index in [9.17, 15) is 9.59 Å². The van der Waals surface area contributed by atoms with Gasteiger partial charge in [0.15, 0.2) is 11.5 Å². The Bertz CT molecular complexity index is 1360. The number of carbonyl (C=O) groups is 2. The maximum atomic E-state index is 13.6. The number of carbonyl (C=O) groups excluding carboxylic acids is 2. The molecule has 0 saturated carbocycles. The molecule has 2 fully saturated rings. The average molecular weight is 529 g/mol. The van der Waals surface area contributed by atoms with Gasteiger partial charge in [0.25, 0.3) is 5.91 Å². The molecule has 0 radical (unpaired) electrons. The van der Waals surface area contributed by atoms with Crippen molar-refractivity contribution in [2.75, 3.05) is 39.9 Å². The van der Waals surface area contributed by atoms with E-state index in [1.54, 1.807) is 18.2 Å². The van der Waals surface area contributed by atoms with Gasteiger partial charge in [-0.05, 0) is 74.4 Å². The quantitative estimate of drug-likeness (QED) is 0.537. The summed E-state index contributed by atoms with van der Waals surface area (Å²) in [4.78, 5) is 35.4. The number of benzene rings is 2. The third-order valence-corrected chi connectivity index (χ3v) is 8.49. The van der Waals surface area contributed by atoms with Crippen molar-refractivity contribution in [2.24, 2.45) is 5.92 Å². The van der Waals surface area contributed by atoms with E-state index in [-0.39, 0.29) is 18.4 Å². The van der Waals surface area contributed by atoms with Gasteiger partial charge >= 0.3 is 0 Å². The van der Waals surface area contributed by atoms with Crippen LogP contribution in [0.3, 0.4) is 0 Å². The fourth-order valence-electron chi connectivity index (χ4n) is 6.53. The van der Waals surface area contributed by atoms with Crippen molar-refractivity contribution in [2.45, 2.75) is 44.2 Å². The number of para-hydroxylation sites is 1. The van der Waals surface area contributed by atoms with Gasteiger partial charge in [-0.2, -0.15) is 0 Å². The van der Waals surface area contributed by atoms with Crippen LogP contribution < -0.4 is 14.8 Å². The molecule has 2 saturated heterocycles. The molecule has 3 aromatic rings. The summed E-state index contributed by atoms with van der Waals surface area (Å²) in [5.41, 5.74) is 2.58. The molecule has 39 heavy (non-hydrogen) atoms. The summed E-state index contributed by atoms with van der Waals surface area (Å²) < 4.78 is 11.8. The molecule has 1 N–H and O–H groups in total. The van der Waals surface area contributed by atoms with Gasteiger partial charge in [-0.15, -0.1) is 0 Å². The van der Waals surface area contributed by atoms with Crippen LogP contribution in [0.2, 0.25) is 0 Å². The summed E-state index contributed by atoms with van der Waals surface area (Å²) in [6.45, 7) is 2.69. The number of nitrogens with zero attached hydrogens (tertiary/aromatic N) is 3. The van der Waals surface area contributed by atoms with Crippen LogP contribution in [-0.2, 0) is 4.79 Å². The largest absolute Gasteiger partial charge is 0.493 e. The molecular formula is C31H36N4O4. The minimum Gasteiger partial charge on any atom is -0.493 e. The van der Waals surface area contributed by atoms with Crippen LogP contribution in [0, 0.1) is 5.92 Å². The summed E-state index contributed by atoms with van der Waals surface area (Å²) in [5.74, 6) is 1.59. The summed E-state index contributed by atoms with van der Waals surface area (Å²) in [6.07, 6.45) is 6.38. The highest BCUT2D eigenvalue weighted by atomic mass is 16.5. The van der Waals surface area contributed by atoms with Gasteiger partial charge in [0.05, 0.1) is 31.3 Å². The van der Waals surface area contributed by atoms with Crippen LogP contribution in [0.1, 0.15) is 54.1 Å². The zero-order chi connectivity index (χ0) is 26.8. The third-order valence-electron chi connectivity index (χ3n) is 8.49. The average Bonchev–Trinajstić information content (AvgIpc) is 3.57. The Balaban J connectivity index is 1.24. The number of nitrogens with one attached hydrogen (secondary N) is 1. The highest BCUT2D eigenvalue weighted by molar-refractivity contribution is 5.99. The van der Waals surface area contributed by atoms with Crippen LogP contribution in [0.4, 0.5) is 0 Å². The molecule has 3 aliphatic rings. The van der Waals surface area contributed by atoms with Crippen molar-refractivity contribution in [3.05, 3.63) is 65.9 Å². The molecule has 4 bridgehead atoms. The second-order valence-corrected chi connectivity index (χ2v) is 10.9. The molecule has 0 unspecified atom stereocenters. The Morgan fingerprint density at radius 1 is 1.10 bits per heavy atom. The van der Waals surface area contributed by atoms with Crippen LogP contribution in [-0.4, -0.2) is 72.5 Å². The van der Waals surface area contributed by atoms with Gasteiger partial charge in [0.2, 0.25) is 5.91 Å². The van der Waals surface area contributed by atoms with Gasteiger partial charge in [0.1, 0.15) is 0 Å². The Kier molecular flexibility index (Phi) is 7.37. The molecular weight excluding hydrogens is 492 g/mol. The zero-order valence-electron chi connectivity index (χ0n) is 22.5. The number of amides is 2. The number of ether oxygens (including phenoxy) is 2. The third kappa shape index (κ3) is 5.30. The minimum atomic E-state index is -0.178. The molecule has 0 spiro atoms. The monoisotopic (exact) mass is 528 g/mol. The minimum absolute atomic E-state index is 0.0317. The molecule has 6 rings (SSSR count). The van der Waals surface area contributed by atoms with Crippen LogP contribution in [0.15, 0.2) is 54.7 Å². The molecule has 8 nitrogen and oxygen atoms in total. The SMILES string of the molecule is COc1ccc2cc1OCCCCN(C(=O)c1cnc3ccccc3c1)CC(=O)NC[C@H]1C[C@H]2N2CCC[C@@H]12. The first-order chi connectivity index (χ1) is 19.1. The van der Waals surface area contributed by atoms with Crippen LogP contribution in [0.5, 0.6) is 11.5 Å². The maximum absolute atomic E-state index is 13.6. The molecule has 1 aromatic heterocycles. The molecule has 2 amide bonds. The number of fused-ring (bicyclic) bond motifs is 9. The number of rotatable bonds is 2. The molecule has 8 heteroatoms. The number of hydrogen-bond acceptors (Lipinski definition) is 6. The first kappa shape index (κ1) is 25.6. The standard InChI is InChI=1S/C31H36N4O4/c1-38-28-11-10-22-17-29(28)39-14-5-4-12-34(31(37)24-15-21-7-2-3-8-25(21)32-19-24)20-30(36)33-18-23-16-27(22)35-13-6-9-26(23)35/h2-3,7-8,10-11,15,17,19,23,26-27H,4-6,9,12-14,16,18,20H2,1H3,(H,33,36)/t23-,26+,27-/m1/s1. The Hall–Kier alpha value is -3.65. The van der Waals surface area contributed by atoms with Gasteiger partial charge in [-0.1, -0.05) is 24.3 Å². The highest BCUT2D eigenvalue weighted by Gasteiger charge is 2.44. The summed E-state index contributed by atoms with van der Waals surface area (Å²) in [5, 5.41) is 4.08. The molecule has 3 atom stereocenters. The van der Waals surface area contributed by atoms with Gasteiger partial charge < -0.3 is 19.7 Å². The Morgan fingerprint density at radius 2 is 2.00 bits per heavy atom. The molecule has 2 aromatic carbocycles. The lowest BCUT2D eigenvalue weighted by atomic mass is 9.94. The van der Waals surface area contributed by atoms with Crippen LogP contribution in [0.25, 0.3) is 10.9 Å².